The third-order valence-electron chi connectivity index (χ3n) is 10.3. The van der Waals surface area contributed by atoms with Crippen LogP contribution in [0.1, 0.15) is 76.6 Å². The SMILES string of the molecule is CCO[Si](CCCn1cc(-c2ccc(C(=C(c3ccccc3)c3ccc(-c4cn(CCC[Si](OCC)(OCC)OCC)nn4)cc3)c3ccccc3)cc2)nn1)(OCC)OCC. The minimum absolute atomic E-state index is 0.561. The van der Waals surface area contributed by atoms with Gasteiger partial charge in [0, 0.05) is 75.9 Å². The van der Waals surface area contributed by atoms with Crippen LogP contribution in [0.15, 0.2) is 122 Å². The van der Waals surface area contributed by atoms with E-state index in [2.05, 4.69) is 130 Å². The molecule has 14 heteroatoms. The number of hydrogen-bond acceptors (Lipinski definition) is 10. The van der Waals surface area contributed by atoms with Gasteiger partial charge in [0.1, 0.15) is 11.4 Å². The topological polar surface area (TPSA) is 117 Å². The first-order valence-corrected chi connectivity index (χ1v) is 26.0. The van der Waals surface area contributed by atoms with Crippen molar-refractivity contribution in [3.8, 4) is 22.5 Å². The quantitative estimate of drug-likeness (QED) is 0.0385. The summed E-state index contributed by atoms with van der Waals surface area (Å²) >= 11 is 0. The summed E-state index contributed by atoms with van der Waals surface area (Å²) in [5.41, 5.74) is 10.3. The Morgan fingerprint density at radius 2 is 0.726 bits per heavy atom. The van der Waals surface area contributed by atoms with Gasteiger partial charge in [-0.15, -0.1) is 10.2 Å². The van der Waals surface area contributed by atoms with Gasteiger partial charge in [0.15, 0.2) is 0 Å². The Morgan fingerprint density at radius 3 is 1.03 bits per heavy atom. The summed E-state index contributed by atoms with van der Waals surface area (Å²) in [7, 11) is -5.45. The van der Waals surface area contributed by atoms with Gasteiger partial charge in [0.25, 0.3) is 0 Å². The summed E-state index contributed by atoms with van der Waals surface area (Å²) in [6.07, 6.45) is 5.63. The van der Waals surface area contributed by atoms with Gasteiger partial charge in [-0.05, 0) is 87.8 Å². The highest BCUT2D eigenvalue weighted by atomic mass is 28.4. The molecule has 0 aliphatic heterocycles. The first-order valence-electron chi connectivity index (χ1n) is 22.1. The highest BCUT2D eigenvalue weighted by molar-refractivity contribution is 6.61. The lowest BCUT2D eigenvalue weighted by Crippen LogP contribution is -2.46. The van der Waals surface area contributed by atoms with E-state index in [0.717, 1.165) is 80.8 Å². The molecule has 0 N–H and O–H groups in total. The van der Waals surface area contributed by atoms with E-state index in [0.29, 0.717) is 52.7 Å². The van der Waals surface area contributed by atoms with Crippen LogP contribution in [0.3, 0.4) is 0 Å². The summed E-state index contributed by atoms with van der Waals surface area (Å²) < 4.78 is 40.1. The molecule has 0 saturated carbocycles. The second-order valence-electron chi connectivity index (χ2n) is 14.5. The molecule has 2 aromatic heterocycles. The van der Waals surface area contributed by atoms with Gasteiger partial charge in [0.05, 0.1) is 12.4 Å². The fourth-order valence-corrected chi connectivity index (χ4v) is 12.9. The van der Waals surface area contributed by atoms with Gasteiger partial charge in [-0.3, -0.25) is 9.36 Å². The molecule has 0 aliphatic carbocycles. The molecule has 0 unspecified atom stereocenters. The number of benzene rings is 4. The first-order chi connectivity index (χ1) is 30.4. The Morgan fingerprint density at radius 1 is 0.419 bits per heavy atom. The van der Waals surface area contributed by atoms with Crippen LogP contribution in [0, 0.1) is 0 Å². The van der Waals surface area contributed by atoms with Crippen molar-refractivity contribution in [3.63, 3.8) is 0 Å². The molecule has 0 atom stereocenters. The molecule has 6 aromatic rings. The number of rotatable bonds is 26. The Bertz CT molecular complexity index is 2060. The van der Waals surface area contributed by atoms with Gasteiger partial charge in [-0.25, -0.2) is 0 Å². The van der Waals surface area contributed by atoms with Crippen LogP contribution in [0.25, 0.3) is 33.7 Å². The van der Waals surface area contributed by atoms with Crippen molar-refractivity contribution < 1.29 is 26.6 Å². The molecule has 0 saturated heterocycles. The van der Waals surface area contributed by atoms with Crippen molar-refractivity contribution in [1.29, 1.82) is 0 Å². The second kappa shape index (κ2) is 23.5. The van der Waals surface area contributed by atoms with Crippen molar-refractivity contribution in [2.45, 2.75) is 79.6 Å². The van der Waals surface area contributed by atoms with Crippen LogP contribution in [0.2, 0.25) is 12.1 Å². The van der Waals surface area contributed by atoms with Gasteiger partial charge < -0.3 is 26.6 Å². The van der Waals surface area contributed by atoms with Gasteiger partial charge in [-0.1, -0.05) is 120 Å². The predicted octanol–water partition coefficient (Wildman–Crippen LogP) is 10.1. The van der Waals surface area contributed by atoms with Crippen LogP contribution >= 0.6 is 0 Å². The summed E-state index contributed by atoms with van der Waals surface area (Å²) in [5.74, 6) is 0. The number of aryl methyl sites for hydroxylation is 2. The highest BCUT2D eigenvalue weighted by Gasteiger charge is 2.40. The highest BCUT2D eigenvalue weighted by Crippen LogP contribution is 2.38. The normalized spacial score (nSPS) is 12.5. The van der Waals surface area contributed by atoms with Crippen LogP contribution in [0.4, 0.5) is 0 Å². The van der Waals surface area contributed by atoms with Gasteiger partial charge >= 0.3 is 17.6 Å². The van der Waals surface area contributed by atoms with Gasteiger partial charge in [0.2, 0.25) is 0 Å². The lowest BCUT2D eigenvalue weighted by atomic mass is 9.85. The Kier molecular flexibility index (Phi) is 17.7. The average molecular weight is 875 g/mol. The maximum atomic E-state index is 6.05. The van der Waals surface area contributed by atoms with E-state index in [1.807, 2.05) is 63.3 Å². The van der Waals surface area contributed by atoms with Crippen LogP contribution in [-0.4, -0.2) is 87.2 Å². The summed E-state index contributed by atoms with van der Waals surface area (Å²) in [4.78, 5) is 0. The molecule has 0 amide bonds. The van der Waals surface area contributed by atoms with E-state index >= 15 is 0 Å². The third kappa shape index (κ3) is 12.2. The number of nitrogens with zero attached hydrogens (tertiary/aromatic N) is 6. The van der Waals surface area contributed by atoms with E-state index in [4.69, 9.17) is 26.6 Å². The lowest BCUT2D eigenvalue weighted by molar-refractivity contribution is 0.0696. The number of hydrogen-bond donors (Lipinski definition) is 0. The smallest absolute Gasteiger partial charge is 0.374 e. The molecular weight excluding hydrogens is 813 g/mol. The molecule has 0 bridgehead atoms. The molecule has 2 heterocycles. The van der Waals surface area contributed by atoms with Crippen molar-refractivity contribution in [1.82, 2.24) is 30.0 Å². The minimum atomic E-state index is -2.72. The van der Waals surface area contributed by atoms with Crippen molar-refractivity contribution in [2.24, 2.45) is 0 Å². The van der Waals surface area contributed by atoms with E-state index in [-0.39, 0.29) is 0 Å². The van der Waals surface area contributed by atoms with Crippen molar-refractivity contribution in [3.05, 3.63) is 144 Å². The summed E-state index contributed by atoms with van der Waals surface area (Å²) in [6.45, 7) is 16.6. The fraction of sp³-hybridized carbons (Fsp3) is 0.375. The minimum Gasteiger partial charge on any atom is -0.374 e. The van der Waals surface area contributed by atoms with Crippen molar-refractivity contribution in [2.75, 3.05) is 39.6 Å². The maximum Gasteiger partial charge on any atom is 0.500 e. The monoisotopic (exact) mass is 874 g/mol. The molecule has 328 valence electrons. The van der Waals surface area contributed by atoms with Crippen LogP contribution < -0.4 is 0 Å². The zero-order valence-corrected chi connectivity index (χ0v) is 39.2. The third-order valence-corrected chi connectivity index (χ3v) is 16.6. The molecule has 0 fully saturated rings. The predicted molar refractivity (Wildman–Crippen MR) is 249 cm³/mol. The lowest BCUT2D eigenvalue weighted by Gasteiger charge is -2.28. The summed E-state index contributed by atoms with van der Waals surface area (Å²) in [6, 6.07) is 39.9. The Hall–Kier alpha value is -4.91. The molecule has 62 heavy (non-hydrogen) atoms. The molecule has 0 spiro atoms. The standard InChI is InChI=1S/C48H62N6O6Si2/c1-7-55-61(56-8-2,57-9-3)35-19-33-53-37-45(49-51-53)39-25-29-43(30-26-39)47(41-21-15-13-16-22-41)48(42-23-17-14-18-24-42)44-31-27-40(28-32-44)46-38-54(52-50-46)34-20-36-62(58-10-4,59-11-5)60-12-6/h13-18,21-32,37-38H,7-12,19-20,33-36H2,1-6H3. The molecular formula is C48H62N6O6Si2. The first kappa shape index (κ1) is 46.6. The van der Waals surface area contributed by atoms with Crippen LogP contribution in [-0.2, 0) is 39.6 Å². The van der Waals surface area contributed by atoms with Gasteiger partial charge in [-0.2, -0.15) is 0 Å². The van der Waals surface area contributed by atoms with Crippen molar-refractivity contribution >= 4 is 28.8 Å². The Labute approximate surface area is 369 Å². The zero-order valence-electron chi connectivity index (χ0n) is 37.2. The average Bonchev–Trinajstić information content (AvgIpc) is 3.98. The maximum absolute atomic E-state index is 6.05. The number of aromatic nitrogens is 6. The molecule has 12 nitrogen and oxygen atoms in total. The molecule has 0 aliphatic rings. The molecule has 0 radical (unpaired) electrons. The van der Waals surface area contributed by atoms with E-state index in [9.17, 15) is 0 Å². The van der Waals surface area contributed by atoms with E-state index in [1.54, 1.807) is 0 Å². The molecule has 6 rings (SSSR count). The van der Waals surface area contributed by atoms with Crippen LogP contribution in [0.5, 0.6) is 0 Å². The zero-order chi connectivity index (χ0) is 43.6. The second-order valence-corrected chi connectivity index (χ2v) is 20.0. The van der Waals surface area contributed by atoms with E-state index in [1.165, 1.54) is 0 Å². The van der Waals surface area contributed by atoms with E-state index < -0.39 is 17.6 Å². The largest absolute Gasteiger partial charge is 0.500 e. The fourth-order valence-electron chi connectivity index (χ4n) is 7.73. The molecule has 4 aromatic carbocycles. The summed E-state index contributed by atoms with van der Waals surface area (Å²) in [5, 5.41) is 18.0. The Balaban J connectivity index is 1.25.